The van der Waals surface area contributed by atoms with Gasteiger partial charge in [0.1, 0.15) is 6.61 Å². The van der Waals surface area contributed by atoms with Crippen LogP contribution in [0.1, 0.15) is 43.2 Å². The van der Waals surface area contributed by atoms with Gasteiger partial charge in [-0.25, -0.2) is 4.79 Å². The second kappa shape index (κ2) is 10.4. The van der Waals surface area contributed by atoms with E-state index in [1.165, 1.54) is 0 Å². The average molecular weight is 566 g/mol. The number of benzene rings is 2. The van der Waals surface area contributed by atoms with E-state index >= 15 is 0 Å². The highest BCUT2D eigenvalue weighted by molar-refractivity contribution is 14.1. The summed E-state index contributed by atoms with van der Waals surface area (Å²) in [4.78, 5) is 26.3. The van der Waals surface area contributed by atoms with Crippen molar-refractivity contribution in [1.82, 2.24) is 5.32 Å². The Hall–Kier alpha value is -1.90. The second-order valence-electron chi connectivity index (χ2n) is 8.24. The molecule has 168 valence electrons. The van der Waals surface area contributed by atoms with Crippen LogP contribution in [0.4, 0.5) is 0 Å². The lowest BCUT2D eigenvalue weighted by atomic mass is 9.74. The van der Waals surface area contributed by atoms with Crippen LogP contribution in [0.5, 0.6) is 0 Å². The smallest absolute Gasteiger partial charge is 0.336 e. The van der Waals surface area contributed by atoms with Gasteiger partial charge in [-0.05, 0) is 84.2 Å². The Balaban J connectivity index is 1.63. The lowest BCUT2D eigenvalue weighted by molar-refractivity contribution is -0.141. The average Bonchev–Trinajstić information content (AvgIpc) is 3.29. The monoisotopic (exact) mass is 565 g/mol. The van der Waals surface area contributed by atoms with E-state index in [2.05, 4.69) is 27.9 Å². The van der Waals surface area contributed by atoms with Crippen molar-refractivity contribution >= 4 is 46.1 Å². The molecule has 1 amide bonds. The van der Waals surface area contributed by atoms with Crippen LogP contribution in [0, 0.1) is 9.49 Å². The molecular weight excluding hydrogens is 541 g/mol. The lowest BCUT2D eigenvalue weighted by Crippen LogP contribution is -2.43. The van der Waals surface area contributed by atoms with E-state index in [1.807, 2.05) is 36.4 Å². The van der Waals surface area contributed by atoms with Crippen molar-refractivity contribution in [3.63, 3.8) is 0 Å². The molecule has 0 radical (unpaired) electrons. The summed E-state index contributed by atoms with van der Waals surface area (Å²) >= 11 is 8.34. The van der Waals surface area contributed by atoms with Gasteiger partial charge in [0.05, 0.1) is 17.6 Å². The molecule has 1 N–H and O–H groups in total. The van der Waals surface area contributed by atoms with Crippen LogP contribution in [0.2, 0.25) is 5.02 Å². The fourth-order valence-electron chi connectivity index (χ4n) is 4.44. The van der Waals surface area contributed by atoms with Crippen molar-refractivity contribution < 1.29 is 19.1 Å². The summed E-state index contributed by atoms with van der Waals surface area (Å²) in [6.45, 7) is 2.64. The Kier molecular flexibility index (Phi) is 7.53. The maximum Gasteiger partial charge on any atom is 0.336 e. The Morgan fingerprint density at radius 2 is 1.91 bits per heavy atom. The molecule has 4 rings (SSSR count). The summed E-state index contributed by atoms with van der Waals surface area (Å²) in [7, 11) is 0. The molecule has 7 heteroatoms. The molecule has 0 spiro atoms. The molecule has 5 nitrogen and oxygen atoms in total. The third-order valence-electron chi connectivity index (χ3n) is 6.04. The van der Waals surface area contributed by atoms with Crippen molar-refractivity contribution in [2.45, 2.75) is 44.8 Å². The van der Waals surface area contributed by atoms with Gasteiger partial charge in [-0.15, -0.1) is 0 Å². The summed E-state index contributed by atoms with van der Waals surface area (Å²) in [6.07, 6.45) is 2.49. The van der Waals surface area contributed by atoms with Crippen LogP contribution in [0.15, 0.2) is 59.8 Å². The number of hydrogen-bond donors (Lipinski definition) is 1. The van der Waals surface area contributed by atoms with E-state index in [0.717, 1.165) is 27.5 Å². The summed E-state index contributed by atoms with van der Waals surface area (Å²) < 4.78 is 12.6. The maximum absolute atomic E-state index is 13.3. The van der Waals surface area contributed by atoms with Crippen LogP contribution in [0.25, 0.3) is 0 Å². The third kappa shape index (κ3) is 5.35. The minimum absolute atomic E-state index is 0.0167. The van der Waals surface area contributed by atoms with E-state index < -0.39 is 17.8 Å². The van der Waals surface area contributed by atoms with Gasteiger partial charge in [-0.2, -0.15) is 0 Å². The molecule has 1 saturated heterocycles. The minimum atomic E-state index is -0.427. The molecule has 0 saturated carbocycles. The highest BCUT2D eigenvalue weighted by Crippen LogP contribution is 2.41. The fourth-order valence-corrected chi connectivity index (χ4v) is 4.93. The number of allylic oxidation sites excluding steroid dienone is 1. The molecule has 2 aliphatic rings. The second-order valence-corrected chi connectivity index (χ2v) is 9.92. The molecule has 0 aliphatic carbocycles. The third-order valence-corrected chi connectivity index (χ3v) is 7.01. The number of amides is 1. The molecule has 1 fully saturated rings. The number of hydrogen-bond acceptors (Lipinski definition) is 4. The molecule has 2 aromatic carbocycles. The number of esters is 1. The molecule has 2 aromatic rings. The van der Waals surface area contributed by atoms with Crippen LogP contribution >= 0.6 is 34.2 Å². The van der Waals surface area contributed by atoms with Crippen molar-refractivity contribution in [1.29, 1.82) is 0 Å². The van der Waals surface area contributed by atoms with Crippen molar-refractivity contribution in [3.8, 4) is 0 Å². The first kappa shape index (κ1) is 23.3. The fraction of sp³-hybridized carbons (Fsp3) is 0.360. The van der Waals surface area contributed by atoms with Gasteiger partial charge in [-0.1, -0.05) is 35.9 Å². The van der Waals surface area contributed by atoms with Gasteiger partial charge in [0, 0.05) is 26.8 Å². The van der Waals surface area contributed by atoms with E-state index in [-0.39, 0.29) is 18.6 Å². The number of carbonyl (C=O) groups excluding carboxylic acids is 2. The van der Waals surface area contributed by atoms with Crippen molar-refractivity contribution in [2.24, 2.45) is 5.92 Å². The molecule has 32 heavy (non-hydrogen) atoms. The summed E-state index contributed by atoms with van der Waals surface area (Å²) in [5.41, 5.74) is 2.80. The predicted octanol–water partition coefficient (Wildman–Crippen LogP) is 5.36. The molecule has 1 unspecified atom stereocenters. The van der Waals surface area contributed by atoms with E-state index in [0.29, 0.717) is 29.3 Å². The van der Waals surface area contributed by atoms with Gasteiger partial charge >= 0.3 is 5.97 Å². The van der Waals surface area contributed by atoms with Gasteiger partial charge in [0.15, 0.2) is 0 Å². The topological polar surface area (TPSA) is 64.6 Å². The number of nitrogens with one attached hydrogen (secondary N) is 1. The Labute approximate surface area is 206 Å². The highest BCUT2D eigenvalue weighted by Gasteiger charge is 2.42. The number of carbonyl (C=O) groups is 2. The number of rotatable bonds is 6. The minimum Gasteiger partial charge on any atom is -0.457 e. The number of ether oxygens (including phenoxy) is 2. The lowest BCUT2D eigenvalue weighted by Gasteiger charge is -2.35. The molecule has 3 atom stereocenters. The molecular formula is C25H25ClINO4. The summed E-state index contributed by atoms with van der Waals surface area (Å²) in [5.74, 6) is -1.36. The van der Waals surface area contributed by atoms with Gasteiger partial charge < -0.3 is 14.8 Å². The zero-order valence-corrected chi connectivity index (χ0v) is 20.7. The Morgan fingerprint density at radius 1 is 1.19 bits per heavy atom. The molecule has 2 heterocycles. The van der Waals surface area contributed by atoms with E-state index in [4.69, 9.17) is 21.1 Å². The zero-order valence-electron chi connectivity index (χ0n) is 17.8. The van der Waals surface area contributed by atoms with Gasteiger partial charge in [0.25, 0.3) is 0 Å². The van der Waals surface area contributed by atoms with E-state index in [1.54, 1.807) is 19.1 Å². The van der Waals surface area contributed by atoms with Crippen molar-refractivity contribution in [2.75, 3.05) is 6.61 Å². The van der Waals surface area contributed by atoms with Crippen LogP contribution < -0.4 is 5.32 Å². The summed E-state index contributed by atoms with van der Waals surface area (Å²) in [6, 6.07) is 15.2. The largest absolute Gasteiger partial charge is 0.457 e. The van der Waals surface area contributed by atoms with Gasteiger partial charge in [-0.3, -0.25) is 4.79 Å². The molecule has 2 aliphatic heterocycles. The quantitative estimate of drug-likeness (QED) is 0.378. The molecule has 0 aromatic heterocycles. The first-order chi connectivity index (χ1) is 15.4. The number of halogens is 2. The van der Waals surface area contributed by atoms with Gasteiger partial charge in [0.2, 0.25) is 5.91 Å². The normalized spacial score (nSPS) is 23.2. The molecule has 0 bridgehead atoms. The van der Waals surface area contributed by atoms with Crippen LogP contribution in [0.3, 0.4) is 0 Å². The Morgan fingerprint density at radius 3 is 2.56 bits per heavy atom. The maximum atomic E-state index is 13.3. The van der Waals surface area contributed by atoms with Crippen molar-refractivity contribution in [3.05, 3.63) is 79.5 Å². The summed E-state index contributed by atoms with van der Waals surface area (Å²) in [5, 5.41) is 3.51. The van der Waals surface area contributed by atoms with Crippen LogP contribution in [-0.4, -0.2) is 24.6 Å². The first-order valence-corrected chi connectivity index (χ1v) is 12.2. The standard InChI is InChI=1S/C25H25ClINO4/c1-15-22(25(30)32-14-16-4-10-19(27)11-5-16)23(17-6-8-18(26)9-7-17)21(24(29)28-15)13-20-3-2-12-31-20/h4-11,20-21,23H,2-3,12-14H2,1H3,(H,28,29)/t20-,21?,23-/m1/s1. The Bertz CT molecular complexity index is 1010. The van der Waals surface area contributed by atoms with E-state index in [9.17, 15) is 9.59 Å². The highest BCUT2D eigenvalue weighted by atomic mass is 127. The SMILES string of the molecule is CC1=C(C(=O)OCc2ccc(I)cc2)[C@H](c2ccc(Cl)cc2)C(C[C@H]2CCCO2)C(=O)N1. The zero-order chi connectivity index (χ0) is 22.7. The predicted molar refractivity (Wildman–Crippen MR) is 131 cm³/mol. The first-order valence-electron chi connectivity index (χ1n) is 10.7. The van der Waals surface area contributed by atoms with Crippen LogP contribution in [-0.2, 0) is 25.7 Å².